The highest BCUT2D eigenvalue weighted by atomic mass is 19.1. The van der Waals surface area contributed by atoms with E-state index >= 15 is 0 Å². The van der Waals surface area contributed by atoms with Gasteiger partial charge in [0.15, 0.2) is 0 Å². The Morgan fingerprint density at radius 2 is 2.00 bits per heavy atom. The summed E-state index contributed by atoms with van der Waals surface area (Å²) in [6.07, 6.45) is 1.52. The molecule has 1 N–H and O–H groups in total. The standard InChI is InChI=1S/C18H15FN2O2/c1-11-5-3-4-6-14(11)17-20-15(18(22)21-17)10-12-9-13(19)7-8-16(12)23-2/h3-10H,1-2H3,(H,20,21,22)/b15-10+. The first-order valence-electron chi connectivity index (χ1n) is 7.10. The number of halogens is 1. The summed E-state index contributed by atoms with van der Waals surface area (Å²) in [5, 5.41) is 2.74. The van der Waals surface area contributed by atoms with E-state index in [1.807, 2.05) is 31.2 Å². The van der Waals surface area contributed by atoms with Crippen LogP contribution in [-0.2, 0) is 4.79 Å². The first-order chi connectivity index (χ1) is 11.1. The third-order valence-corrected chi connectivity index (χ3v) is 3.58. The summed E-state index contributed by atoms with van der Waals surface area (Å²) in [6, 6.07) is 11.8. The second-order valence-electron chi connectivity index (χ2n) is 5.15. The molecule has 1 aliphatic heterocycles. The lowest BCUT2D eigenvalue weighted by Gasteiger charge is -2.04. The number of hydrogen-bond acceptors (Lipinski definition) is 3. The quantitative estimate of drug-likeness (QED) is 0.886. The molecule has 0 spiro atoms. The van der Waals surface area contributed by atoms with E-state index in [1.165, 1.54) is 31.4 Å². The minimum absolute atomic E-state index is 0.215. The molecule has 3 rings (SSSR count). The van der Waals surface area contributed by atoms with Crippen LogP contribution in [0.1, 0.15) is 16.7 Å². The van der Waals surface area contributed by atoms with Crippen molar-refractivity contribution in [1.29, 1.82) is 0 Å². The number of methoxy groups -OCH3 is 1. The van der Waals surface area contributed by atoms with Gasteiger partial charge in [0.25, 0.3) is 5.91 Å². The predicted octanol–water partition coefficient (Wildman–Crippen LogP) is 3.06. The van der Waals surface area contributed by atoms with Crippen LogP contribution in [0.5, 0.6) is 5.75 Å². The molecule has 0 unspecified atom stereocenters. The average molecular weight is 310 g/mol. The Kier molecular flexibility index (Phi) is 3.93. The van der Waals surface area contributed by atoms with E-state index in [9.17, 15) is 9.18 Å². The minimum Gasteiger partial charge on any atom is -0.496 e. The maximum atomic E-state index is 13.4. The largest absolute Gasteiger partial charge is 0.496 e. The fourth-order valence-electron chi connectivity index (χ4n) is 2.40. The molecule has 1 aliphatic rings. The number of amidine groups is 1. The van der Waals surface area contributed by atoms with Crippen molar-refractivity contribution in [2.24, 2.45) is 4.99 Å². The normalized spacial score (nSPS) is 15.5. The molecule has 0 saturated heterocycles. The van der Waals surface area contributed by atoms with Gasteiger partial charge in [0.2, 0.25) is 0 Å². The first kappa shape index (κ1) is 15.0. The Morgan fingerprint density at radius 3 is 2.74 bits per heavy atom. The molecule has 0 atom stereocenters. The van der Waals surface area contributed by atoms with Crippen LogP contribution in [0.3, 0.4) is 0 Å². The lowest BCUT2D eigenvalue weighted by Crippen LogP contribution is -2.25. The zero-order valence-electron chi connectivity index (χ0n) is 12.8. The summed E-state index contributed by atoms with van der Waals surface area (Å²) in [4.78, 5) is 16.5. The number of carbonyl (C=O) groups excluding carboxylic acids is 1. The van der Waals surface area contributed by atoms with E-state index in [1.54, 1.807) is 0 Å². The van der Waals surface area contributed by atoms with Gasteiger partial charge in [0, 0.05) is 11.1 Å². The third kappa shape index (κ3) is 2.99. The molecule has 0 saturated carbocycles. The van der Waals surface area contributed by atoms with Crippen LogP contribution in [0.4, 0.5) is 4.39 Å². The van der Waals surface area contributed by atoms with Crippen molar-refractivity contribution < 1.29 is 13.9 Å². The Bertz CT molecular complexity index is 841. The number of nitrogens with one attached hydrogen (secondary N) is 1. The fourth-order valence-corrected chi connectivity index (χ4v) is 2.40. The van der Waals surface area contributed by atoms with Gasteiger partial charge in [-0.1, -0.05) is 24.3 Å². The second kappa shape index (κ2) is 6.04. The van der Waals surface area contributed by atoms with Crippen LogP contribution in [-0.4, -0.2) is 18.9 Å². The third-order valence-electron chi connectivity index (χ3n) is 3.58. The zero-order chi connectivity index (χ0) is 16.4. The van der Waals surface area contributed by atoms with Gasteiger partial charge in [-0.05, 0) is 36.8 Å². The molecule has 116 valence electrons. The predicted molar refractivity (Wildman–Crippen MR) is 86.8 cm³/mol. The van der Waals surface area contributed by atoms with E-state index in [4.69, 9.17) is 4.74 Å². The van der Waals surface area contributed by atoms with Crippen molar-refractivity contribution in [2.75, 3.05) is 7.11 Å². The molecule has 2 aromatic carbocycles. The Morgan fingerprint density at radius 1 is 1.22 bits per heavy atom. The van der Waals surface area contributed by atoms with Crippen LogP contribution in [0.2, 0.25) is 0 Å². The van der Waals surface area contributed by atoms with Gasteiger partial charge >= 0.3 is 0 Å². The molecular weight excluding hydrogens is 295 g/mol. The second-order valence-corrected chi connectivity index (χ2v) is 5.15. The van der Waals surface area contributed by atoms with Crippen LogP contribution in [0, 0.1) is 12.7 Å². The number of benzene rings is 2. The Hall–Kier alpha value is -2.95. The van der Waals surface area contributed by atoms with Gasteiger partial charge < -0.3 is 10.1 Å². The molecule has 2 aromatic rings. The first-order valence-corrected chi connectivity index (χ1v) is 7.10. The molecule has 4 nitrogen and oxygen atoms in total. The van der Waals surface area contributed by atoms with E-state index in [2.05, 4.69) is 10.3 Å². The van der Waals surface area contributed by atoms with Crippen LogP contribution in [0.25, 0.3) is 6.08 Å². The zero-order valence-corrected chi connectivity index (χ0v) is 12.8. The van der Waals surface area contributed by atoms with E-state index < -0.39 is 5.82 Å². The van der Waals surface area contributed by atoms with Gasteiger partial charge in [0.1, 0.15) is 23.1 Å². The molecule has 23 heavy (non-hydrogen) atoms. The molecule has 0 fully saturated rings. The summed E-state index contributed by atoms with van der Waals surface area (Å²) >= 11 is 0. The minimum atomic E-state index is -0.404. The number of aryl methyl sites for hydroxylation is 1. The topological polar surface area (TPSA) is 50.7 Å². The van der Waals surface area contributed by atoms with Gasteiger partial charge in [0.05, 0.1) is 7.11 Å². The maximum absolute atomic E-state index is 13.4. The SMILES string of the molecule is COc1ccc(F)cc1/C=C1/N=C(c2ccccc2C)NC1=O. The van der Waals surface area contributed by atoms with E-state index in [0.717, 1.165) is 11.1 Å². The highest BCUT2D eigenvalue weighted by molar-refractivity contribution is 6.20. The summed E-state index contributed by atoms with van der Waals surface area (Å²) in [6.45, 7) is 1.95. The van der Waals surface area contributed by atoms with Crippen molar-refractivity contribution in [2.45, 2.75) is 6.92 Å². The van der Waals surface area contributed by atoms with Crippen molar-refractivity contribution >= 4 is 17.8 Å². The summed E-state index contributed by atoms with van der Waals surface area (Å²) < 4.78 is 18.6. The van der Waals surface area contributed by atoms with Gasteiger partial charge in [-0.2, -0.15) is 0 Å². The molecule has 0 aromatic heterocycles. The number of aliphatic imine (C=N–C) groups is 1. The number of ether oxygens (including phenoxy) is 1. The molecule has 0 bridgehead atoms. The molecule has 1 heterocycles. The number of nitrogens with zero attached hydrogens (tertiary/aromatic N) is 1. The van der Waals surface area contributed by atoms with Crippen molar-refractivity contribution in [3.8, 4) is 5.75 Å². The summed E-state index contributed by atoms with van der Waals surface area (Å²) in [7, 11) is 1.49. The van der Waals surface area contributed by atoms with Crippen LogP contribution >= 0.6 is 0 Å². The molecule has 5 heteroatoms. The molecular formula is C18H15FN2O2. The molecule has 1 amide bonds. The Labute approximate surface area is 133 Å². The van der Waals surface area contributed by atoms with E-state index in [-0.39, 0.29) is 11.6 Å². The molecule has 0 radical (unpaired) electrons. The highest BCUT2D eigenvalue weighted by Gasteiger charge is 2.22. The number of hydrogen-bond donors (Lipinski definition) is 1. The number of carbonyl (C=O) groups is 1. The Balaban J connectivity index is 2.02. The monoisotopic (exact) mass is 310 g/mol. The van der Waals surface area contributed by atoms with Crippen molar-refractivity contribution in [1.82, 2.24) is 5.32 Å². The highest BCUT2D eigenvalue weighted by Crippen LogP contribution is 2.24. The van der Waals surface area contributed by atoms with E-state index in [0.29, 0.717) is 17.1 Å². The lowest BCUT2D eigenvalue weighted by atomic mass is 10.1. The smallest absolute Gasteiger partial charge is 0.275 e. The summed E-state index contributed by atoms with van der Waals surface area (Å²) in [5.74, 6) is 0.245. The van der Waals surface area contributed by atoms with Crippen LogP contribution < -0.4 is 10.1 Å². The van der Waals surface area contributed by atoms with Crippen molar-refractivity contribution in [3.05, 3.63) is 70.7 Å². The fraction of sp³-hybridized carbons (Fsp3) is 0.111. The maximum Gasteiger partial charge on any atom is 0.275 e. The molecule has 0 aliphatic carbocycles. The summed E-state index contributed by atoms with van der Waals surface area (Å²) in [5.41, 5.74) is 2.55. The van der Waals surface area contributed by atoms with Crippen molar-refractivity contribution in [3.63, 3.8) is 0 Å². The average Bonchev–Trinajstić information content (AvgIpc) is 2.89. The number of amides is 1. The van der Waals surface area contributed by atoms with Gasteiger partial charge in [-0.3, -0.25) is 4.79 Å². The van der Waals surface area contributed by atoms with Gasteiger partial charge in [-0.25, -0.2) is 9.38 Å². The number of rotatable bonds is 3. The lowest BCUT2D eigenvalue weighted by molar-refractivity contribution is -0.115. The van der Waals surface area contributed by atoms with Gasteiger partial charge in [-0.15, -0.1) is 0 Å². The van der Waals surface area contributed by atoms with Crippen LogP contribution in [0.15, 0.2) is 53.2 Å².